The topological polar surface area (TPSA) is 52.6 Å². The van der Waals surface area contributed by atoms with Gasteiger partial charge in [-0.2, -0.15) is 0 Å². The van der Waals surface area contributed by atoms with Crippen molar-refractivity contribution in [2.24, 2.45) is 0 Å². The molecule has 2 aromatic carbocycles. The molecular formula is C22H23ClO4. The van der Waals surface area contributed by atoms with Gasteiger partial charge in [0.15, 0.2) is 11.6 Å². The van der Waals surface area contributed by atoms with Gasteiger partial charge in [0.2, 0.25) is 0 Å². The Hall–Kier alpha value is -2.33. The summed E-state index contributed by atoms with van der Waals surface area (Å²) >= 11 is 5.90. The number of aryl methyl sites for hydroxylation is 2. The van der Waals surface area contributed by atoms with Crippen molar-refractivity contribution >= 4 is 23.2 Å². The predicted octanol–water partition coefficient (Wildman–Crippen LogP) is 4.65. The van der Waals surface area contributed by atoms with Gasteiger partial charge in [-0.25, -0.2) is 0 Å². The Morgan fingerprint density at radius 1 is 0.852 bits per heavy atom. The van der Waals surface area contributed by atoms with Gasteiger partial charge in [-0.05, 0) is 61.1 Å². The lowest BCUT2D eigenvalue weighted by Crippen LogP contribution is -2.22. The van der Waals surface area contributed by atoms with Crippen LogP contribution in [0.3, 0.4) is 0 Å². The van der Waals surface area contributed by atoms with Crippen LogP contribution in [0, 0.1) is 0 Å². The maximum absolute atomic E-state index is 11.7. The molecule has 0 amide bonds. The molecule has 2 aromatic rings. The zero-order valence-electron chi connectivity index (χ0n) is 15.6. The Balaban J connectivity index is 0.000000156. The highest BCUT2D eigenvalue weighted by molar-refractivity contribution is 6.34. The van der Waals surface area contributed by atoms with Crippen molar-refractivity contribution in [1.29, 1.82) is 0 Å². The molecule has 0 aliphatic heterocycles. The van der Waals surface area contributed by atoms with Crippen LogP contribution in [0.15, 0.2) is 36.4 Å². The van der Waals surface area contributed by atoms with Crippen LogP contribution in [0.4, 0.5) is 0 Å². The lowest BCUT2D eigenvalue weighted by molar-refractivity contribution is 0.0966. The summed E-state index contributed by atoms with van der Waals surface area (Å²) in [5, 5.41) is -0.366. The molecule has 0 saturated carbocycles. The van der Waals surface area contributed by atoms with E-state index in [4.69, 9.17) is 21.1 Å². The number of alkyl halides is 1. The second kappa shape index (κ2) is 8.57. The summed E-state index contributed by atoms with van der Waals surface area (Å²) in [6, 6.07) is 11.3. The molecule has 5 heteroatoms. The molecule has 0 heterocycles. The largest absolute Gasteiger partial charge is 0.497 e. The average molecular weight is 387 g/mol. The van der Waals surface area contributed by atoms with E-state index in [-0.39, 0.29) is 16.9 Å². The quantitative estimate of drug-likeness (QED) is 0.705. The maximum Gasteiger partial charge on any atom is 0.181 e. The van der Waals surface area contributed by atoms with Crippen LogP contribution in [0.1, 0.15) is 51.1 Å². The highest BCUT2D eigenvalue weighted by Gasteiger charge is 2.25. The van der Waals surface area contributed by atoms with Gasteiger partial charge < -0.3 is 9.47 Å². The van der Waals surface area contributed by atoms with E-state index < -0.39 is 0 Å². The minimum atomic E-state index is -0.366. The molecule has 142 valence electrons. The molecule has 0 saturated heterocycles. The van der Waals surface area contributed by atoms with Gasteiger partial charge in [0.05, 0.1) is 19.6 Å². The number of hydrogen-bond acceptors (Lipinski definition) is 4. The zero-order chi connectivity index (χ0) is 19.4. The lowest BCUT2D eigenvalue weighted by Gasteiger charge is -2.19. The normalized spacial score (nSPS) is 18.0. The van der Waals surface area contributed by atoms with E-state index in [9.17, 15) is 9.59 Å². The summed E-state index contributed by atoms with van der Waals surface area (Å²) in [5.74, 6) is 1.75. The molecule has 2 aliphatic rings. The molecule has 27 heavy (non-hydrogen) atoms. The molecule has 0 spiro atoms. The summed E-state index contributed by atoms with van der Waals surface area (Å²) < 4.78 is 10.1. The van der Waals surface area contributed by atoms with Gasteiger partial charge >= 0.3 is 0 Å². The summed E-state index contributed by atoms with van der Waals surface area (Å²) in [7, 11) is 3.21. The van der Waals surface area contributed by atoms with Gasteiger partial charge in [0.1, 0.15) is 11.5 Å². The molecular weight excluding hydrogens is 364 g/mol. The Kier molecular flexibility index (Phi) is 6.17. The number of carbonyl (C=O) groups excluding carboxylic acids is 2. The molecule has 0 radical (unpaired) electrons. The summed E-state index contributed by atoms with van der Waals surface area (Å²) in [5.41, 5.74) is 3.81. The Bertz CT molecular complexity index is 859. The fraction of sp³-hybridized carbons (Fsp3) is 0.364. The number of Topliss-reactive ketones (excluding diaryl/α,β-unsaturated/α-hetero) is 2. The van der Waals surface area contributed by atoms with Crippen LogP contribution in [0.25, 0.3) is 0 Å². The van der Waals surface area contributed by atoms with Crippen molar-refractivity contribution in [3.63, 3.8) is 0 Å². The third-order valence-corrected chi connectivity index (χ3v) is 5.42. The van der Waals surface area contributed by atoms with E-state index in [1.54, 1.807) is 20.3 Å². The van der Waals surface area contributed by atoms with E-state index in [0.29, 0.717) is 12.2 Å². The predicted molar refractivity (Wildman–Crippen MR) is 106 cm³/mol. The molecule has 2 aliphatic carbocycles. The summed E-state index contributed by atoms with van der Waals surface area (Å²) in [6.45, 7) is 0. The van der Waals surface area contributed by atoms with Crippen LogP contribution in [0.5, 0.6) is 11.5 Å². The molecule has 1 atom stereocenters. The fourth-order valence-corrected chi connectivity index (χ4v) is 3.67. The Morgan fingerprint density at radius 3 is 2.07 bits per heavy atom. The molecule has 4 rings (SSSR count). The van der Waals surface area contributed by atoms with E-state index in [0.717, 1.165) is 53.7 Å². The zero-order valence-corrected chi connectivity index (χ0v) is 16.3. The van der Waals surface area contributed by atoms with E-state index in [2.05, 4.69) is 0 Å². The molecule has 0 N–H and O–H groups in total. The summed E-state index contributed by atoms with van der Waals surface area (Å²) in [4.78, 5) is 23.2. The first-order chi connectivity index (χ1) is 13.0. The van der Waals surface area contributed by atoms with Crippen molar-refractivity contribution in [2.75, 3.05) is 14.2 Å². The Labute approximate surface area is 164 Å². The van der Waals surface area contributed by atoms with Crippen LogP contribution < -0.4 is 9.47 Å². The minimum absolute atomic E-state index is 0.0202. The third kappa shape index (κ3) is 4.33. The van der Waals surface area contributed by atoms with E-state index >= 15 is 0 Å². The lowest BCUT2D eigenvalue weighted by atomic mass is 9.90. The number of ketones is 2. The van der Waals surface area contributed by atoms with E-state index in [1.807, 2.05) is 30.3 Å². The number of ether oxygens (including phenoxy) is 2. The molecule has 1 unspecified atom stereocenters. The second-order valence-corrected chi connectivity index (χ2v) is 7.22. The number of fused-ring (bicyclic) bond motifs is 2. The molecule has 0 aromatic heterocycles. The van der Waals surface area contributed by atoms with E-state index in [1.165, 1.54) is 0 Å². The van der Waals surface area contributed by atoms with Crippen molar-refractivity contribution < 1.29 is 19.1 Å². The van der Waals surface area contributed by atoms with Crippen molar-refractivity contribution in [3.8, 4) is 11.5 Å². The van der Waals surface area contributed by atoms with Crippen molar-refractivity contribution in [1.82, 2.24) is 0 Å². The molecule has 0 bridgehead atoms. The van der Waals surface area contributed by atoms with Gasteiger partial charge in [-0.15, -0.1) is 11.6 Å². The van der Waals surface area contributed by atoms with Crippen LogP contribution in [-0.4, -0.2) is 31.2 Å². The Morgan fingerprint density at radius 2 is 1.44 bits per heavy atom. The maximum atomic E-state index is 11.7. The van der Waals surface area contributed by atoms with Crippen LogP contribution in [0.2, 0.25) is 0 Å². The number of methoxy groups -OCH3 is 2. The SMILES string of the molecule is COc1ccc2c(c1)C(=O)C(Cl)CC2.COc1ccc2c(c1)C(=O)CCC2. The molecule has 4 nitrogen and oxygen atoms in total. The highest BCUT2D eigenvalue weighted by Crippen LogP contribution is 2.28. The number of halogens is 1. The number of rotatable bonds is 2. The summed E-state index contributed by atoms with van der Waals surface area (Å²) in [6.07, 6.45) is 4.29. The molecule has 0 fully saturated rings. The standard InChI is InChI=1S/C11H11ClO2.C11H12O2/c1-14-8-4-2-7-3-5-10(12)11(13)9(7)6-8;1-13-9-6-5-8-3-2-4-11(12)10(8)7-9/h2,4,6,10H,3,5H2,1H3;5-7H,2-4H2,1H3. The monoisotopic (exact) mass is 386 g/mol. The van der Waals surface area contributed by atoms with Gasteiger partial charge in [0, 0.05) is 17.5 Å². The van der Waals surface area contributed by atoms with Crippen molar-refractivity contribution in [2.45, 2.75) is 37.5 Å². The van der Waals surface area contributed by atoms with Crippen LogP contribution >= 0.6 is 11.6 Å². The first-order valence-electron chi connectivity index (χ1n) is 9.08. The highest BCUT2D eigenvalue weighted by atomic mass is 35.5. The number of carbonyl (C=O) groups is 2. The van der Waals surface area contributed by atoms with Gasteiger partial charge in [-0.3, -0.25) is 9.59 Å². The first-order valence-corrected chi connectivity index (χ1v) is 9.52. The number of benzene rings is 2. The minimum Gasteiger partial charge on any atom is -0.497 e. The van der Waals surface area contributed by atoms with Gasteiger partial charge in [-0.1, -0.05) is 12.1 Å². The smallest absolute Gasteiger partial charge is 0.181 e. The number of hydrogen-bond donors (Lipinski definition) is 0. The second-order valence-electron chi connectivity index (χ2n) is 6.69. The van der Waals surface area contributed by atoms with Crippen molar-refractivity contribution in [3.05, 3.63) is 58.7 Å². The van der Waals surface area contributed by atoms with Crippen LogP contribution in [-0.2, 0) is 12.8 Å². The average Bonchev–Trinajstić information content (AvgIpc) is 2.71. The third-order valence-electron chi connectivity index (χ3n) is 5.00. The fourth-order valence-electron chi connectivity index (χ4n) is 3.45. The van der Waals surface area contributed by atoms with Gasteiger partial charge in [0.25, 0.3) is 0 Å². The first kappa shape index (κ1) is 19.4.